The molecule has 1 saturated heterocycles. The fraction of sp³-hybridized carbons (Fsp3) is 0.407. The lowest BCUT2D eigenvalue weighted by atomic mass is 9.89. The van der Waals surface area contributed by atoms with E-state index in [2.05, 4.69) is 0 Å². The minimum atomic E-state index is -1.31. The summed E-state index contributed by atoms with van der Waals surface area (Å²) >= 11 is 6.49. The lowest BCUT2D eigenvalue weighted by Gasteiger charge is -2.43. The number of carbonyl (C=O) groups is 4. The van der Waals surface area contributed by atoms with E-state index in [0.29, 0.717) is 29.9 Å². The van der Waals surface area contributed by atoms with Crippen LogP contribution in [0.3, 0.4) is 0 Å². The zero-order valence-corrected chi connectivity index (χ0v) is 21.7. The van der Waals surface area contributed by atoms with E-state index >= 15 is 0 Å². The highest BCUT2D eigenvalue weighted by Gasteiger charge is 2.52. The topological polar surface area (TPSA) is 114 Å². The van der Waals surface area contributed by atoms with Crippen LogP contribution in [0.15, 0.2) is 42.5 Å². The van der Waals surface area contributed by atoms with Crippen LogP contribution in [0.4, 0.5) is 0 Å². The maximum atomic E-state index is 12.0. The molecule has 1 heterocycles. The summed E-state index contributed by atoms with van der Waals surface area (Å²) in [7, 11) is 0. The Morgan fingerprint density at radius 3 is 2.05 bits per heavy atom. The van der Waals surface area contributed by atoms with Crippen molar-refractivity contribution in [1.82, 2.24) is 0 Å². The summed E-state index contributed by atoms with van der Waals surface area (Å²) in [5.74, 6) is -1.35. The highest BCUT2D eigenvalue weighted by Crippen LogP contribution is 2.38. The summed E-state index contributed by atoms with van der Waals surface area (Å²) < 4.78 is 27.6. The number of ether oxygens (including phenoxy) is 5. The summed E-state index contributed by atoms with van der Waals surface area (Å²) in [6.45, 7) is 5.96. The van der Waals surface area contributed by atoms with E-state index in [1.165, 1.54) is 6.92 Å². The molecule has 0 bridgehead atoms. The Bertz CT molecular complexity index is 1130. The molecule has 0 radical (unpaired) electrons. The van der Waals surface area contributed by atoms with Gasteiger partial charge in [0.25, 0.3) is 0 Å². The molecule has 0 saturated carbocycles. The molecule has 0 aliphatic carbocycles. The molecule has 1 aliphatic rings. The van der Waals surface area contributed by atoms with Gasteiger partial charge >= 0.3 is 17.9 Å². The molecule has 5 atom stereocenters. The van der Waals surface area contributed by atoms with Gasteiger partial charge in [-0.1, -0.05) is 35.9 Å². The van der Waals surface area contributed by atoms with Gasteiger partial charge in [0.1, 0.15) is 11.9 Å². The van der Waals surface area contributed by atoms with E-state index in [-0.39, 0.29) is 0 Å². The molecule has 1 fully saturated rings. The smallest absolute Gasteiger partial charge is 0.303 e. The van der Waals surface area contributed by atoms with Crippen LogP contribution in [-0.4, -0.2) is 55.2 Å². The zero-order valence-electron chi connectivity index (χ0n) is 21.0. The summed E-state index contributed by atoms with van der Waals surface area (Å²) in [6.07, 6.45) is -5.18. The Morgan fingerprint density at radius 1 is 0.892 bits per heavy atom. The van der Waals surface area contributed by atoms with Gasteiger partial charge in [-0.05, 0) is 48.2 Å². The molecule has 1 aliphatic heterocycles. The first-order valence-electron chi connectivity index (χ1n) is 11.7. The molecule has 0 aromatic heterocycles. The molecule has 2 aromatic carbocycles. The van der Waals surface area contributed by atoms with Crippen molar-refractivity contribution in [3.8, 4) is 5.75 Å². The van der Waals surface area contributed by atoms with Crippen molar-refractivity contribution < 1.29 is 42.9 Å². The van der Waals surface area contributed by atoms with Crippen LogP contribution in [-0.2, 0) is 44.5 Å². The van der Waals surface area contributed by atoms with Crippen LogP contribution >= 0.6 is 11.6 Å². The van der Waals surface area contributed by atoms with Crippen molar-refractivity contribution in [3.05, 3.63) is 64.2 Å². The van der Waals surface area contributed by atoms with Gasteiger partial charge in [0.15, 0.2) is 30.7 Å². The number of rotatable bonds is 9. The van der Waals surface area contributed by atoms with Gasteiger partial charge in [-0.15, -0.1) is 0 Å². The summed E-state index contributed by atoms with van der Waals surface area (Å²) in [4.78, 5) is 47.6. The van der Waals surface area contributed by atoms with E-state index < -0.39 is 48.4 Å². The van der Waals surface area contributed by atoms with Crippen molar-refractivity contribution in [1.29, 1.82) is 0 Å². The van der Waals surface area contributed by atoms with Crippen LogP contribution in [0.5, 0.6) is 5.75 Å². The van der Waals surface area contributed by atoms with Crippen molar-refractivity contribution >= 4 is 35.8 Å². The van der Waals surface area contributed by atoms with Gasteiger partial charge in [0, 0.05) is 25.8 Å². The average molecular weight is 533 g/mol. The molecule has 5 unspecified atom stereocenters. The maximum Gasteiger partial charge on any atom is 0.303 e. The van der Waals surface area contributed by atoms with Gasteiger partial charge in [-0.25, -0.2) is 0 Å². The quantitative estimate of drug-likeness (QED) is 0.270. The number of benzene rings is 2. The Hall–Kier alpha value is -3.43. The standard InChI is InChI=1S/C27H29ClO9/c1-5-33-21-9-6-18(7-10-21)12-20-13-19(8-11-22(20)28)24-26(35-16(3)31)27(36-17(4)32)25(34-15(2)30)23(14-29)37-24/h6-11,13-14,23-27H,5,12H2,1-4H3. The van der Waals surface area contributed by atoms with E-state index in [1.54, 1.807) is 18.2 Å². The van der Waals surface area contributed by atoms with Crippen LogP contribution in [0.25, 0.3) is 0 Å². The molecule has 37 heavy (non-hydrogen) atoms. The highest BCUT2D eigenvalue weighted by atomic mass is 35.5. The van der Waals surface area contributed by atoms with Gasteiger partial charge in [0.2, 0.25) is 0 Å². The number of halogens is 1. The Kier molecular flexibility index (Phi) is 9.66. The monoisotopic (exact) mass is 532 g/mol. The van der Waals surface area contributed by atoms with E-state index in [4.69, 9.17) is 35.3 Å². The average Bonchev–Trinajstić information content (AvgIpc) is 2.83. The molecule has 2 aromatic rings. The predicted octanol–water partition coefficient (Wildman–Crippen LogP) is 3.76. The minimum absolute atomic E-state index is 0.456. The number of hydrogen-bond acceptors (Lipinski definition) is 9. The third-order valence-corrected chi connectivity index (χ3v) is 6.01. The first kappa shape index (κ1) is 28.1. The normalized spacial score (nSPS) is 23.0. The highest BCUT2D eigenvalue weighted by molar-refractivity contribution is 6.31. The molecular weight excluding hydrogens is 504 g/mol. The predicted molar refractivity (Wildman–Crippen MR) is 132 cm³/mol. The zero-order chi connectivity index (χ0) is 27.1. The number of aldehydes is 1. The molecule has 9 nitrogen and oxygen atoms in total. The molecule has 198 valence electrons. The largest absolute Gasteiger partial charge is 0.494 e. The molecule has 0 spiro atoms. The first-order valence-corrected chi connectivity index (χ1v) is 12.1. The van der Waals surface area contributed by atoms with Crippen LogP contribution in [0.1, 0.15) is 50.5 Å². The second kappa shape index (κ2) is 12.7. The molecule has 0 amide bonds. The lowest BCUT2D eigenvalue weighted by Crippen LogP contribution is -2.58. The van der Waals surface area contributed by atoms with Crippen molar-refractivity contribution in [2.45, 2.75) is 64.6 Å². The Morgan fingerprint density at radius 2 is 1.49 bits per heavy atom. The number of hydrogen-bond donors (Lipinski definition) is 0. The second-order valence-corrected chi connectivity index (χ2v) is 8.89. The van der Waals surface area contributed by atoms with E-state index in [1.807, 2.05) is 31.2 Å². The van der Waals surface area contributed by atoms with E-state index in [0.717, 1.165) is 30.7 Å². The van der Waals surface area contributed by atoms with Crippen LogP contribution in [0, 0.1) is 0 Å². The molecule has 3 rings (SSSR count). The van der Waals surface area contributed by atoms with Crippen molar-refractivity contribution in [2.75, 3.05) is 6.61 Å². The first-order chi connectivity index (χ1) is 17.6. The number of esters is 3. The van der Waals surface area contributed by atoms with Crippen LogP contribution < -0.4 is 4.74 Å². The summed E-state index contributed by atoms with van der Waals surface area (Å²) in [5, 5.41) is 0.499. The molecule has 10 heteroatoms. The molecule has 0 N–H and O–H groups in total. The van der Waals surface area contributed by atoms with Gasteiger partial charge in [-0.3, -0.25) is 14.4 Å². The van der Waals surface area contributed by atoms with Crippen molar-refractivity contribution in [3.63, 3.8) is 0 Å². The summed E-state index contributed by atoms with van der Waals surface area (Å²) in [6, 6.07) is 12.7. The Labute approximate surface area is 219 Å². The second-order valence-electron chi connectivity index (χ2n) is 8.48. The van der Waals surface area contributed by atoms with Crippen molar-refractivity contribution in [2.24, 2.45) is 0 Å². The summed E-state index contributed by atoms with van der Waals surface area (Å²) in [5.41, 5.74) is 2.26. The third kappa shape index (κ3) is 7.30. The van der Waals surface area contributed by atoms with Gasteiger partial charge < -0.3 is 28.5 Å². The van der Waals surface area contributed by atoms with E-state index in [9.17, 15) is 19.2 Å². The number of carbonyl (C=O) groups excluding carboxylic acids is 4. The van der Waals surface area contributed by atoms with Gasteiger partial charge in [0.05, 0.1) is 6.61 Å². The minimum Gasteiger partial charge on any atom is -0.494 e. The third-order valence-electron chi connectivity index (χ3n) is 5.64. The van der Waals surface area contributed by atoms with Gasteiger partial charge in [-0.2, -0.15) is 0 Å². The fourth-order valence-electron chi connectivity index (χ4n) is 4.22. The van der Waals surface area contributed by atoms with Crippen LogP contribution in [0.2, 0.25) is 5.02 Å². The SMILES string of the molecule is CCOc1ccc(Cc2cc(C3OC(C=O)C(OC(C)=O)C(OC(C)=O)C3OC(C)=O)ccc2Cl)cc1. The lowest BCUT2D eigenvalue weighted by molar-refractivity contribution is -0.242. The Balaban J connectivity index is 2.00. The fourth-order valence-corrected chi connectivity index (χ4v) is 4.40. The molecular formula is C27H29ClO9. The maximum absolute atomic E-state index is 12.0.